The van der Waals surface area contributed by atoms with Gasteiger partial charge < -0.3 is 143 Å². The number of aliphatic carboxylic acids is 3. The number of amides is 16. The Morgan fingerprint density at radius 3 is 1.40 bits per heavy atom. The fraction of sp³-hybridized carbons (Fsp3) is 0.639. The molecule has 0 spiro atoms. The van der Waals surface area contributed by atoms with Gasteiger partial charge in [-0.1, -0.05) is 6.42 Å². The number of carbonyl (C=O) groups excluding carboxylic acids is 16. The highest BCUT2D eigenvalue weighted by Gasteiger charge is 2.44. The predicted octanol–water partition coefficient (Wildman–Crippen LogP) is -10.5. The van der Waals surface area contributed by atoms with E-state index in [-0.39, 0.29) is 134 Å². The molecule has 0 saturated carbocycles. The number of carboxylic acids is 3. The Morgan fingerprint density at radius 2 is 0.884 bits per heavy atom. The Balaban J connectivity index is 1.20. The summed E-state index contributed by atoms with van der Waals surface area (Å²) in [5.74, 6) is -20.2. The van der Waals surface area contributed by atoms with Crippen LogP contribution in [0.15, 0.2) is 25.0 Å². The van der Waals surface area contributed by atoms with Crippen LogP contribution >= 0.6 is 0 Å². The molecule has 49 heteroatoms. The summed E-state index contributed by atoms with van der Waals surface area (Å²) in [5, 5.41) is 79.1. The molecule has 2 aromatic heterocycles. The van der Waals surface area contributed by atoms with Gasteiger partial charge in [-0.25, -0.2) is 14.8 Å². The van der Waals surface area contributed by atoms with Crippen molar-refractivity contribution >= 4 is 118 Å². The summed E-state index contributed by atoms with van der Waals surface area (Å²) in [6, 6.07) is -22.4. The molecule has 0 unspecified atom stereocenters. The second-order valence-corrected chi connectivity index (χ2v) is 29.5. The number of carboxylic acid groups (broad SMARTS) is 3. The Hall–Kier alpha value is -12.5. The van der Waals surface area contributed by atoms with Gasteiger partial charge in [0.15, 0.2) is 5.96 Å². The average Bonchev–Trinajstić information content (AvgIpc) is 1.71. The Labute approximate surface area is 693 Å². The molecule has 49 nitrogen and oxygen atoms in total. The lowest BCUT2D eigenvalue weighted by Gasteiger charge is -2.30. The molecule has 5 heterocycles. The zero-order chi connectivity index (χ0) is 89.7. The molecule has 3 saturated heterocycles. The molecular weight excluding hydrogens is 1600 g/mol. The number of guanidine groups is 1. The Bertz CT molecular complexity index is 3970. The number of aromatic amines is 2. The van der Waals surface area contributed by atoms with Crippen molar-refractivity contribution in [2.45, 2.75) is 240 Å². The van der Waals surface area contributed by atoms with E-state index in [1.54, 1.807) is 0 Å². The first-order chi connectivity index (χ1) is 57.4. The zero-order valence-corrected chi connectivity index (χ0v) is 67.4. The van der Waals surface area contributed by atoms with E-state index in [2.05, 4.69) is 89.1 Å². The highest BCUT2D eigenvalue weighted by Crippen LogP contribution is 2.24. The van der Waals surface area contributed by atoms with Crippen LogP contribution in [0, 0.1) is 5.41 Å². The minimum absolute atomic E-state index is 0.0212. The number of likely N-dealkylation sites (tertiary alicyclic amines) is 3. The van der Waals surface area contributed by atoms with E-state index in [4.69, 9.17) is 34.1 Å². The Kier molecular flexibility index (Phi) is 40.7. The van der Waals surface area contributed by atoms with Gasteiger partial charge in [0.05, 0.1) is 44.7 Å². The van der Waals surface area contributed by atoms with Gasteiger partial charge >= 0.3 is 17.9 Å². The lowest BCUT2D eigenvalue weighted by atomic mass is 10.0. The van der Waals surface area contributed by atoms with Crippen LogP contribution in [0.2, 0.25) is 0 Å². The van der Waals surface area contributed by atoms with Crippen molar-refractivity contribution in [1.29, 1.82) is 5.41 Å². The second-order valence-electron chi connectivity index (χ2n) is 29.5. The standard InChI is InChI=1S/C72H114N26O23/c1-36(85-58(107)37(2)87-66(115)50-15-9-23-96(50)68(117)44(14-8-22-81-72(77)78)88-54(101)32-82-61(110)43(18-19-53(76)100)89-60(109)41(75)12-4-6-20-73)57(106)86-38(3)59(108)95-49(33-99)65(114)93-47(27-40-31-80-35-84-40)69(118)97-24-10-16-51(97)67(116)92-46(28-55(102)103)64(113)91-45(26-39-30-79-34-83-39)63(112)90-42(13-5-7-21-74)62(111)94-48(29-56(104)105)70(119)98-25-11-17-52(98)71(120)121/h30-31,34-38,41-52,99H,4-29,32-33,73-75H2,1-3H3,(H2,76,100)(H,79,83)(H,80,84)(H,82,110)(H,85,107)(H,86,106)(H,87,115)(H,88,101)(H,89,109)(H,90,112)(H,91,113)(H,92,116)(H,93,114)(H,94,111)(H,95,108)(H,102,103)(H,104,105)(H,120,121)(H4,77,78,81)/t36-,37-,38-,41-,42-,43-,44-,45-,46-,47-,48-,49-,50-,51-,52-/m0/s1. The van der Waals surface area contributed by atoms with Crippen LogP contribution in [0.5, 0.6) is 0 Å². The molecule has 3 aliphatic heterocycles. The zero-order valence-electron chi connectivity index (χ0n) is 67.4. The van der Waals surface area contributed by atoms with Gasteiger partial charge in [0.2, 0.25) is 94.5 Å². The molecule has 0 aromatic carbocycles. The summed E-state index contributed by atoms with van der Waals surface area (Å²) in [4.78, 5) is 273. The highest BCUT2D eigenvalue weighted by molar-refractivity contribution is 6.02. The second kappa shape index (κ2) is 49.8. The molecule has 0 aliphatic carbocycles. The maximum absolute atomic E-state index is 14.7. The van der Waals surface area contributed by atoms with Crippen molar-refractivity contribution in [1.82, 2.24) is 104 Å². The molecule has 15 atom stereocenters. The summed E-state index contributed by atoms with van der Waals surface area (Å²) in [5.41, 5.74) is 28.4. The number of rotatable bonds is 52. The van der Waals surface area contributed by atoms with Crippen LogP contribution < -0.4 is 97.8 Å². The molecule has 2 aromatic rings. The third kappa shape index (κ3) is 32.3. The molecule has 5 rings (SSSR count). The average molecular weight is 1710 g/mol. The van der Waals surface area contributed by atoms with Crippen molar-refractivity contribution in [3.8, 4) is 0 Å². The molecule has 0 radical (unpaired) electrons. The summed E-state index contributed by atoms with van der Waals surface area (Å²) in [6.45, 7) is 2.26. The number of carbonyl (C=O) groups is 19. The SMILES string of the molecule is C[C@H](NC(=O)[C@H](C)NC(=O)[C@@H]1CCCN1C(=O)[C@H](CCCNC(=N)N)NC(=O)CNC(=O)[C@H](CCC(N)=O)NC(=O)[C@@H](N)CCCCN)C(=O)N[C@@H](C)C(=O)N[C@@H](CO)C(=O)N[C@@H](Cc1cnc[nH]1)C(=O)N1CCC[C@H]1C(=O)N[C@@H](CC(=O)O)C(=O)N[C@@H](Cc1cnc[nH]1)C(=O)N[C@@H](CCCCN)C(=O)N[C@@H](CC(=O)O)C(=O)N1CCC[C@H]1C(=O)O. The molecule has 16 amide bonds. The number of primary amides is 1. The lowest BCUT2D eigenvalue weighted by molar-refractivity contribution is -0.150. The van der Waals surface area contributed by atoms with Gasteiger partial charge in [-0.3, -0.25) is 91.7 Å². The quantitative estimate of drug-likeness (QED) is 0.0166. The molecular formula is C72H114N26O23. The number of nitrogens with two attached hydrogens (primary N) is 5. The van der Waals surface area contributed by atoms with E-state index >= 15 is 0 Å². The van der Waals surface area contributed by atoms with Crippen LogP contribution in [0.4, 0.5) is 0 Å². The van der Waals surface area contributed by atoms with Gasteiger partial charge in [-0.05, 0) is 124 Å². The van der Waals surface area contributed by atoms with Gasteiger partial charge in [-0.15, -0.1) is 0 Å². The fourth-order valence-electron chi connectivity index (χ4n) is 13.5. The largest absolute Gasteiger partial charge is 0.481 e. The summed E-state index contributed by atoms with van der Waals surface area (Å²) in [7, 11) is 0. The fourth-order valence-corrected chi connectivity index (χ4v) is 13.5. The third-order valence-corrected chi connectivity index (χ3v) is 20.0. The maximum atomic E-state index is 14.7. The predicted molar refractivity (Wildman–Crippen MR) is 421 cm³/mol. The molecule has 0 bridgehead atoms. The van der Waals surface area contributed by atoms with Gasteiger partial charge in [0.1, 0.15) is 84.6 Å². The first kappa shape index (κ1) is 99.0. The number of aliphatic hydroxyl groups excluding tert-OH is 1. The summed E-state index contributed by atoms with van der Waals surface area (Å²) < 4.78 is 0. The van der Waals surface area contributed by atoms with Gasteiger partial charge in [-0.2, -0.15) is 0 Å². The smallest absolute Gasteiger partial charge is 0.326 e. The van der Waals surface area contributed by atoms with Crippen molar-refractivity contribution in [3.05, 3.63) is 36.4 Å². The first-order valence-electron chi connectivity index (χ1n) is 39.6. The van der Waals surface area contributed by atoms with Crippen molar-refractivity contribution in [3.63, 3.8) is 0 Å². The maximum Gasteiger partial charge on any atom is 0.326 e. The minimum Gasteiger partial charge on any atom is -0.481 e. The molecule has 3 fully saturated rings. The van der Waals surface area contributed by atoms with E-state index in [0.29, 0.717) is 32.2 Å². The third-order valence-electron chi connectivity index (χ3n) is 20.0. The lowest BCUT2D eigenvalue weighted by Crippen LogP contribution is -2.61. The summed E-state index contributed by atoms with van der Waals surface area (Å²) >= 11 is 0. The number of nitrogens with zero attached hydrogens (tertiary/aromatic N) is 5. The number of H-pyrrole nitrogens is 2. The molecule has 670 valence electrons. The van der Waals surface area contributed by atoms with Crippen LogP contribution in [0.1, 0.15) is 148 Å². The number of aromatic nitrogens is 4. The Morgan fingerprint density at radius 1 is 0.463 bits per heavy atom. The van der Waals surface area contributed by atoms with E-state index in [1.165, 1.54) is 50.7 Å². The number of unbranched alkanes of at least 4 members (excludes halogenated alkanes) is 2. The normalized spacial score (nSPS) is 17.8. The van der Waals surface area contributed by atoms with E-state index < -0.39 is 235 Å². The molecule has 30 N–H and O–H groups in total. The van der Waals surface area contributed by atoms with Crippen LogP contribution in [0.25, 0.3) is 0 Å². The monoisotopic (exact) mass is 1710 g/mol. The van der Waals surface area contributed by atoms with Crippen LogP contribution in [0.3, 0.4) is 0 Å². The van der Waals surface area contributed by atoms with E-state index in [1.807, 2.05) is 0 Å². The van der Waals surface area contributed by atoms with Crippen molar-refractivity contribution in [2.75, 3.05) is 52.4 Å². The number of hydrogen-bond donors (Lipinski definition) is 25. The van der Waals surface area contributed by atoms with Crippen molar-refractivity contribution in [2.24, 2.45) is 28.7 Å². The van der Waals surface area contributed by atoms with Crippen LogP contribution in [-0.2, 0) is 104 Å². The number of hydrogen-bond acceptors (Lipinski definition) is 26. The number of aliphatic hydroxyl groups is 1. The van der Waals surface area contributed by atoms with Crippen molar-refractivity contribution < 1.29 is 112 Å². The number of nitrogens with one attached hydrogen (secondary N) is 16. The van der Waals surface area contributed by atoms with E-state index in [9.17, 15) is 112 Å². The summed E-state index contributed by atoms with van der Waals surface area (Å²) in [6.07, 6.45) is 4.18. The van der Waals surface area contributed by atoms with Crippen LogP contribution in [-0.4, -0.2) is 316 Å². The minimum atomic E-state index is -1.99. The van der Waals surface area contributed by atoms with E-state index in [0.717, 1.165) is 9.80 Å². The topological polar surface area (TPSA) is 783 Å². The van der Waals surface area contributed by atoms with Gasteiger partial charge in [0.25, 0.3) is 0 Å². The molecule has 121 heavy (non-hydrogen) atoms. The highest BCUT2D eigenvalue weighted by atomic mass is 16.4. The first-order valence-corrected chi connectivity index (χ1v) is 39.6. The van der Waals surface area contributed by atoms with Gasteiger partial charge in [0, 0.05) is 69.2 Å². The number of imidazole rings is 2. The molecule has 3 aliphatic rings.